The smallest absolute Gasteiger partial charge is 0.352 e. The molecule has 1 saturated carbocycles. The first-order valence-electron chi connectivity index (χ1n) is 8.10. The van der Waals surface area contributed by atoms with E-state index in [0.29, 0.717) is 31.0 Å². The highest BCUT2D eigenvalue weighted by Crippen LogP contribution is 2.44. The number of fused-ring (bicyclic) bond motifs is 1. The first-order valence-corrected chi connectivity index (χ1v) is 8.10. The number of aryl methyl sites for hydroxylation is 1. The van der Waals surface area contributed by atoms with Crippen LogP contribution in [0.4, 0.5) is 8.78 Å². The minimum absolute atomic E-state index is 0.0498. The molecule has 0 radical (unpaired) electrons. The fraction of sp³-hybridized carbons (Fsp3) is 0.800. The quantitative estimate of drug-likeness (QED) is 0.885. The first-order chi connectivity index (χ1) is 10.7. The Hall–Kier alpha value is -1.57. The van der Waals surface area contributed by atoms with Gasteiger partial charge in [-0.25, -0.2) is 9.67 Å². The van der Waals surface area contributed by atoms with Crippen molar-refractivity contribution < 1.29 is 18.7 Å². The summed E-state index contributed by atoms with van der Waals surface area (Å²) in [5.74, 6) is -3.92. The lowest BCUT2D eigenvalue weighted by atomic mass is 9.75. The maximum atomic E-state index is 14.2. The van der Waals surface area contributed by atoms with E-state index >= 15 is 0 Å². The molecule has 6 nitrogen and oxygen atoms in total. The van der Waals surface area contributed by atoms with Crippen molar-refractivity contribution in [1.82, 2.24) is 20.1 Å². The van der Waals surface area contributed by atoms with Crippen LogP contribution < -0.4 is 5.32 Å². The van der Waals surface area contributed by atoms with Gasteiger partial charge in [-0.05, 0) is 32.1 Å². The summed E-state index contributed by atoms with van der Waals surface area (Å²) in [4.78, 5) is 16.4. The molecule has 1 aromatic heterocycles. The van der Waals surface area contributed by atoms with E-state index in [0.717, 1.165) is 6.42 Å². The van der Waals surface area contributed by atoms with Crippen LogP contribution in [0.15, 0.2) is 0 Å². The van der Waals surface area contributed by atoms with Crippen molar-refractivity contribution in [1.29, 1.82) is 0 Å². The molecule has 1 aromatic rings. The Morgan fingerprint density at radius 1 is 1.43 bits per heavy atom. The van der Waals surface area contributed by atoms with Crippen molar-refractivity contribution in [2.24, 2.45) is 0 Å². The van der Waals surface area contributed by atoms with Crippen molar-refractivity contribution in [2.45, 2.75) is 76.0 Å². The lowest BCUT2D eigenvalue weighted by Crippen LogP contribution is -2.61. The van der Waals surface area contributed by atoms with Crippen LogP contribution in [0.1, 0.15) is 69.6 Å². The number of aliphatic hydroxyl groups is 1. The highest BCUT2D eigenvalue weighted by molar-refractivity contribution is 5.85. The summed E-state index contributed by atoms with van der Waals surface area (Å²) in [5.41, 5.74) is -2.21. The Bertz CT molecular complexity index is 611. The number of amides is 1. The third-order valence-corrected chi connectivity index (χ3v) is 4.76. The van der Waals surface area contributed by atoms with Crippen molar-refractivity contribution >= 4 is 5.91 Å². The number of carbonyl (C=O) groups is 1. The molecular weight excluding hydrogens is 306 g/mol. The van der Waals surface area contributed by atoms with Crippen LogP contribution in [0.2, 0.25) is 0 Å². The first kappa shape index (κ1) is 16.3. The van der Waals surface area contributed by atoms with Crippen molar-refractivity contribution in [2.75, 3.05) is 0 Å². The molecule has 0 saturated heterocycles. The molecule has 3 rings (SSSR count). The van der Waals surface area contributed by atoms with E-state index in [1.807, 2.05) is 13.8 Å². The lowest BCUT2D eigenvalue weighted by Gasteiger charge is -2.42. The van der Waals surface area contributed by atoms with Gasteiger partial charge in [-0.1, -0.05) is 13.8 Å². The van der Waals surface area contributed by atoms with E-state index in [4.69, 9.17) is 0 Å². The summed E-state index contributed by atoms with van der Waals surface area (Å²) in [5, 5.41) is 16.6. The number of hydrogen-bond donors (Lipinski definition) is 2. The summed E-state index contributed by atoms with van der Waals surface area (Å²) in [6, 6.07) is -0.592. The van der Waals surface area contributed by atoms with Gasteiger partial charge < -0.3 is 10.4 Å². The van der Waals surface area contributed by atoms with E-state index in [1.165, 1.54) is 0 Å². The molecule has 1 aliphatic carbocycles. The Morgan fingerprint density at radius 2 is 2.13 bits per heavy atom. The number of hydrogen-bond acceptors (Lipinski definition) is 4. The third kappa shape index (κ3) is 2.62. The van der Waals surface area contributed by atoms with Crippen LogP contribution in [0, 0.1) is 0 Å². The SMILES string of the molecule is CC(C)c1nc2n(n1)CCCC2NC(=O)C(F)(F)C1(O)CCC1. The average Bonchev–Trinajstić information content (AvgIpc) is 2.89. The second-order valence-electron chi connectivity index (χ2n) is 6.83. The van der Waals surface area contributed by atoms with Crippen LogP contribution in [0.5, 0.6) is 0 Å². The molecule has 0 bridgehead atoms. The standard InChI is InChI=1S/C15H22F2N4O2/c1-9(2)11-19-12-10(5-3-8-21(12)20-11)18-13(22)15(16,17)14(23)6-4-7-14/h9-10,23H,3-8H2,1-2H3,(H,18,22). The zero-order valence-electron chi connectivity index (χ0n) is 13.4. The third-order valence-electron chi connectivity index (χ3n) is 4.76. The number of rotatable bonds is 4. The molecule has 1 aliphatic heterocycles. The highest BCUT2D eigenvalue weighted by atomic mass is 19.3. The Kier molecular flexibility index (Phi) is 3.90. The molecule has 8 heteroatoms. The maximum Gasteiger partial charge on any atom is 0.352 e. The fourth-order valence-corrected chi connectivity index (χ4v) is 3.04. The van der Waals surface area contributed by atoms with Crippen molar-refractivity contribution in [3.63, 3.8) is 0 Å². The van der Waals surface area contributed by atoms with Gasteiger partial charge in [0.2, 0.25) is 0 Å². The minimum Gasteiger partial charge on any atom is -0.383 e. The lowest BCUT2D eigenvalue weighted by molar-refractivity contribution is -0.216. The molecule has 0 spiro atoms. The van der Waals surface area contributed by atoms with E-state index in [1.54, 1.807) is 4.68 Å². The number of halogens is 2. The number of nitrogens with zero attached hydrogens (tertiary/aromatic N) is 3. The molecule has 1 amide bonds. The molecule has 2 aliphatic rings. The highest BCUT2D eigenvalue weighted by Gasteiger charge is 2.61. The summed E-state index contributed by atoms with van der Waals surface area (Å²) >= 11 is 0. The summed E-state index contributed by atoms with van der Waals surface area (Å²) in [6.07, 6.45) is 1.68. The zero-order valence-corrected chi connectivity index (χ0v) is 13.4. The Labute approximate surface area is 133 Å². The van der Waals surface area contributed by atoms with Crippen molar-refractivity contribution in [3.05, 3.63) is 11.6 Å². The van der Waals surface area contributed by atoms with Crippen LogP contribution in [0.25, 0.3) is 0 Å². The van der Waals surface area contributed by atoms with Gasteiger partial charge in [0.15, 0.2) is 5.82 Å². The minimum atomic E-state index is -3.78. The van der Waals surface area contributed by atoms with Crippen LogP contribution in [-0.4, -0.2) is 37.3 Å². The van der Waals surface area contributed by atoms with Gasteiger partial charge in [-0.2, -0.15) is 13.9 Å². The van der Waals surface area contributed by atoms with Gasteiger partial charge in [0.1, 0.15) is 11.4 Å². The predicted octanol–water partition coefficient (Wildman–Crippen LogP) is 1.90. The van der Waals surface area contributed by atoms with E-state index in [-0.39, 0.29) is 18.8 Å². The molecule has 1 fully saturated rings. The second-order valence-corrected chi connectivity index (χ2v) is 6.83. The second kappa shape index (κ2) is 5.51. The van der Waals surface area contributed by atoms with Crippen LogP contribution in [-0.2, 0) is 11.3 Å². The molecule has 1 unspecified atom stereocenters. The largest absolute Gasteiger partial charge is 0.383 e. The molecule has 1 atom stereocenters. The van der Waals surface area contributed by atoms with Gasteiger partial charge in [0.05, 0.1) is 6.04 Å². The molecule has 0 aromatic carbocycles. The summed E-state index contributed by atoms with van der Waals surface area (Å²) in [7, 11) is 0. The van der Waals surface area contributed by atoms with Gasteiger partial charge in [0, 0.05) is 12.5 Å². The molecular formula is C15H22F2N4O2. The predicted molar refractivity (Wildman–Crippen MR) is 78.0 cm³/mol. The van der Waals surface area contributed by atoms with Gasteiger partial charge in [-0.15, -0.1) is 0 Å². The zero-order chi connectivity index (χ0) is 16.8. The maximum absolute atomic E-state index is 14.2. The number of carbonyl (C=O) groups excluding carboxylic acids is 1. The van der Waals surface area contributed by atoms with Crippen LogP contribution >= 0.6 is 0 Å². The topological polar surface area (TPSA) is 80.0 Å². The number of aromatic nitrogens is 3. The van der Waals surface area contributed by atoms with E-state index in [2.05, 4.69) is 15.4 Å². The van der Waals surface area contributed by atoms with Gasteiger partial charge in [0.25, 0.3) is 5.91 Å². The number of nitrogens with one attached hydrogen (secondary N) is 1. The van der Waals surface area contributed by atoms with Gasteiger partial charge in [-0.3, -0.25) is 4.79 Å². The Morgan fingerprint density at radius 3 is 2.70 bits per heavy atom. The Balaban J connectivity index is 1.78. The van der Waals surface area contributed by atoms with Gasteiger partial charge >= 0.3 is 5.92 Å². The average molecular weight is 328 g/mol. The van der Waals surface area contributed by atoms with Crippen LogP contribution in [0.3, 0.4) is 0 Å². The molecule has 2 heterocycles. The normalized spacial score (nSPS) is 23.3. The summed E-state index contributed by atoms with van der Waals surface area (Å²) in [6.45, 7) is 4.58. The molecule has 2 N–H and O–H groups in total. The summed E-state index contributed by atoms with van der Waals surface area (Å²) < 4.78 is 30.1. The van der Waals surface area contributed by atoms with E-state index < -0.39 is 23.5 Å². The van der Waals surface area contributed by atoms with Crippen molar-refractivity contribution in [3.8, 4) is 0 Å². The fourth-order valence-electron chi connectivity index (χ4n) is 3.04. The molecule has 23 heavy (non-hydrogen) atoms. The molecule has 128 valence electrons. The number of alkyl halides is 2. The van der Waals surface area contributed by atoms with E-state index in [9.17, 15) is 18.7 Å². The monoisotopic (exact) mass is 328 g/mol.